The van der Waals surface area contributed by atoms with Crippen molar-refractivity contribution in [1.82, 2.24) is 14.6 Å². The van der Waals surface area contributed by atoms with Gasteiger partial charge >= 0.3 is 0 Å². The van der Waals surface area contributed by atoms with Gasteiger partial charge < -0.3 is 5.73 Å². The second kappa shape index (κ2) is 3.08. The Morgan fingerprint density at radius 2 is 2.38 bits per heavy atom. The van der Waals surface area contributed by atoms with Crippen LogP contribution >= 0.6 is 15.9 Å². The van der Waals surface area contributed by atoms with Crippen molar-refractivity contribution in [2.24, 2.45) is 5.73 Å². The van der Waals surface area contributed by atoms with Crippen LogP contribution in [0.3, 0.4) is 0 Å². The van der Waals surface area contributed by atoms with Crippen molar-refractivity contribution in [3.63, 3.8) is 0 Å². The summed E-state index contributed by atoms with van der Waals surface area (Å²) in [5, 5.41) is 4.27. The van der Waals surface area contributed by atoms with Crippen LogP contribution in [-0.2, 0) is 0 Å². The first-order valence-corrected chi connectivity index (χ1v) is 4.72. The monoisotopic (exact) mass is 240 g/mol. The summed E-state index contributed by atoms with van der Waals surface area (Å²) < 4.78 is 2.61. The molecule has 2 N–H and O–H groups in total. The van der Waals surface area contributed by atoms with Gasteiger partial charge in [0.2, 0.25) is 0 Å². The number of aromatic nitrogens is 3. The molecule has 2 heterocycles. The maximum absolute atomic E-state index is 5.70. The molecular weight excluding hydrogens is 232 g/mol. The van der Waals surface area contributed by atoms with E-state index in [9.17, 15) is 0 Å². The number of fused-ring (bicyclic) bond motifs is 1. The maximum atomic E-state index is 5.70. The quantitative estimate of drug-likeness (QED) is 0.823. The highest BCUT2D eigenvalue weighted by Gasteiger charge is 2.05. The van der Waals surface area contributed by atoms with Crippen LogP contribution in [0.1, 0.15) is 18.7 Å². The molecule has 0 amide bonds. The Morgan fingerprint density at radius 1 is 1.62 bits per heavy atom. The summed E-state index contributed by atoms with van der Waals surface area (Å²) in [5.74, 6) is 0. The Bertz CT molecular complexity index is 435. The number of rotatable bonds is 1. The molecule has 68 valence electrons. The first kappa shape index (κ1) is 8.65. The summed E-state index contributed by atoms with van der Waals surface area (Å²) >= 11 is 3.32. The zero-order valence-corrected chi connectivity index (χ0v) is 8.69. The molecule has 0 aliphatic heterocycles. The summed E-state index contributed by atoms with van der Waals surface area (Å²) in [6.45, 7) is 1.90. The predicted octanol–water partition coefficient (Wildman–Crippen LogP) is 1.51. The number of hydrogen-bond donors (Lipinski definition) is 1. The van der Waals surface area contributed by atoms with E-state index >= 15 is 0 Å². The summed E-state index contributed by atoms with van der Waals surface area (Å²) in [5.41, 5.74) is 7.37. The Balaban J connectivity index is 2.62. The Morgan fingerprint density at radius 3 is 3.08 bits per heavy atom. The van der Waals surface area contributed by atoms with E-state index < -0.39 is 0 Å². The SMILES string of the molecule is CC(N)c1cc2ncc(Br)cn2n1. The molecule has 4 nitrogen and oxygen atoms in total. The van der Waals surface area contributed by atoms with E-state index in [2.05, 4.69) is 26.0 Å². The van der Waals surface area contributed by atoms with Gasteiger partial charge in [0.25, 0.3) is 0 Å². The van der Waals surface area contributed by atoms with Gasteiger partial charge in [-0.05, 0) is 22.9 Å². The van der Waals surface area contributed by atoms with Crippen molar-refractivity contribution in [2.45, 2.75) is 13.0 Å². The highest BCUT2D eigenvalue weighted by Crippen LogP contribution is 2.12. The average Bonchev–Trinajstić information content (AvgIpc) is 2.46. The molecule has 0 fully saturated rings. The van der Waals surface area contributed by atoms with Crippen LogP contribution in [0.2, 0.25) is 0 Å². The Labute approximate surface area is 83.9 Å². The topological polar surface area (TPSA) is 56.2 Å². The summed E-state index contributed by atoms with van der Waals surface area (Å²) in [6.07, 6.45) is 3.59. The lowest BCUT2D eigenvalue weighted by atomic mass is 10.3. The molecule has 5 heteroatoms. The van der Waals surface area contributed by atoms with Gasteiger partial charge in [0.1, 0.15) is 0 Å². The fraction of sp³-hybridized carbons (Fsp3) is 0.250. The fourth-order valence-electron chi connectivity index (χ4n) is 1.09. The normalized spacial score (nSPS) is 13.5. The van der Waals surface area contributed by atoms with Gasteiger partial charge in [0.05, 0.1) is 10.2 Å². The molecule has 0 spiro atoms. The van der Waals surface area contributed by atoms with E-state index in [1.54, 1.807) is 10.7 Å². The van der Waals surface area contributed by atoms with E-state index in [4.69, 9.17) is 5.73 Å². The average molecular weight is 241 g/mol. The molecule has 0 aliphatic rings. The second-order valence-corrected chi connectivity index (χ2v) is 3.85. The maximum Gasteiger partial charge on any atom is 0.155 e. The van der Waals surface area contributed by atoms with Gasteiger partial charge in [0.15, 0.2) is 5.65 Å². The molecule has 0 saturated heterocycles. The molecule has 1 atom stereocenters. The van der Waals surface area contributed by atoms with E-state index in [-0.39, 0.29) is 6.04 Å². The van der Waals surface area contributed by atoms with Crippen LogP contribution in [-0.4, -0.2) is 14.6 Å². The standard InChI is InChI=1S/C8H9BrN4/c1-5(10)7-2-8-11-3-6(9)4-13(8)12-7/h2-5H,10H2,1H3. The third-order valence-electron chi connectivity index (χ3n) is 1.77. The van der Waals surface area contributed by atoms with Gasteiger partial charge in [-0.15, -0.1) is 0 Å². The zero-order valence-electron chi connectivity index (χ0n) is 7.11. The summed E-state index contributed by atoms with van der Waals surface area (Å²) in [6, 6.07) is 1.83. The van der Waals surface area contributed by atoms with E-state index in [0.29, 0.717) is 0 Å². The zero-order chi connectivity index (χ0) is 9.42. The molecule has 2 aromatic rings. The van der Waals surface area contributed by atoms with Crippen LogP contribution in [0, 0.1) is 0 Å². The predicted molar refractivity (Wildman–Crippen MR) is 53.3 cm³/mol. The van der Waals surface area contributed by atoms with Crippen molar-refractivity contribution in [2.75, 3.05) is 0 Å². The van der Waals surface area contributed by atoms with Gasteiger partial charge in [0, 0.05) is 24.5 Å². The lowest BCUT2D eigenvalue weighted by Crippen LogP contribution is -2.05. The smallest absolute Gasteiger partial charge is 0.155 e. The Kier molecular flexibility index (Phi) is 2.05. The number of nitrogens with two attached hydrogens (primary N) is 1. The van der Waals surface area contributed by atoms with E-state index in [1.165, 1.54) is 0 Å². The molecule has 0 saturated carbocycles. The number of hydrogen-bond acceptors (Lipinski definition) is 3. The summed E-state index contributed by atoms with van der Waals surface area (Å²) in [7, 11) is 0. The molecule has 2 rings (SSSR count). The molecular formula is C8H9BrN4. The highest BCUT2D eigenvalue weighted by molar-refractivity contribution is 9.10. The van der Waals surface area contributed by atoms with Crippen LogP contribution < -0.4 is 5.73 Å². The van der Waals surface area contributed by atoms with Gasteiger partial charge in [-0.2, -0.15) is 5.10 Å². The summed E-state index contributed by atoms with van der Waals surface area (Å²) in [4.78, 5) is 4.18. The highest BCUT2D eigenvalue weighted by atomic mass is 79.9. The first-order chi connectivity index (χ1) is 6.16. The fourth-order valence-corrected chi connectivity index (χ4v) is 1.39. The third-order valence-corrected chi connectivity index (χ3v) is 2.18. The van der Waals surface area contributed by atoms with E-state index in [1.807, 2.05) is 19.2 Å². The van der Waals surface area contributed by atoms with Crippen molar-refractivity contribution in [3.05, 3.63) is 28.6 Å². The second-order valence-electron chi connectivity index (χ2n) is 2.93. The van der Waals surface area contributed by atoms with Gasteiger partial charge in [-0.3, -0.25) is 0 Å². The van der Waals surface area contributed by atoms with Crippen LogP contribution in [0.15, 0.2) is 22.9 Å². The molecule has 0 aliphatic carbocycles. The largest absolute Gasteiger partial charge is 0.323 e. The van der Waals surface area contributed by atoms with Crippen LogP contribution in [0.4, 0.5) is 0 Å². The van der Waals surface area contributed by atoms with Crippen molar-refractivity contribution < 1.29 is 0 Å². The third kappa shape index (κ3) is 1.57. The Hall–Kier alpha value is -0.940. The lowest BCUT2D eigenvalue weighted by molar-refractivity contribution is 0.754. The van der Waals surface area contributed by atoms with Crippen LogP contribution in [0.25, 0.3) is 5.65 Å². The minimum Gasteiger partial charge on any atom is -0.323 e. The first-order valence-electron chi connectivity index (χ1n) is 3.93. The van der Waals surface area contributed by atoms with Crippen molar-refractivity contribution >= 4 is 21.6 Å². The van der Waals surface area contributed by atoms with Crippen LogP contribution in [0.5, 0.6) is 0 Å². The number of nitrogens with zero attached hydrogens (tertiary/aromatic N) is 3. The van der Waals surface area contributed by atoms with E-state index in [0.717, 1.165) is 15.8 Å². The minimum absolute atomic E-state index is 0.0551. The molecule has 1 unspecified atom stereocenters. The van der Waals surface area contributed by atoms with Crippen molar-refractivity contribution in [1.29, 1.82) is 0 Å². The molecule has 0 bridgehead atoms. The van der Waals surface area contributed by atoms with Gasteiger partial charge in [-0.25, -0.2) is 9.50 Å². The molecule has 13 heavy (non-hydrogen) atoms. The van der Waals surface area contributed by atoms with Gasteiger partial charge in [-0.1, -0.05) is 0 Å². The van der Waals surface area contributed by atoms with Crippen molar-refractivity contribution in [3.8, 4) is 0 Å². The number of halogens is 1. The molecule has 0 radical (unpaired) electrons. The molecule has 0 aromatic carbocycles. The minimum atomic E-state index is -0.0551. The molecule has 2 aromatic heterocycles. The lowest BCUT2D eigenvalue weighted by Gasteiger charge is -1.95.